The van der Waals surface area contributed by atoms with E-state index in [1.54, 1.807) is 0 Å². The topological polar surface area (TPSA) is 17.9 Å². The molecule has 0 atom stereocenters. The van der Waals surface area contributed by atoms with E-state index in [1.165, 1.54) is 10.8 Å². The first-order chi connectivity index (χ1) is 37.2. The van der Waals surface area contributed by atoms with Crippen LogP contribution in [0, 0.1) is 0 Å². The van der Waals surface area contributed by atoms with Gasteiger partial charge in [0.1, 0.15) is 0 Å². The molecule has 0 spiro atoms. The van der Waals surface area contributed by atoms with Gasteiger partial charge in [-0.25, -0.2) is 0 Å². The van der Waals surface area contributed by atoms with Gasteiger partial charge in [-0.3, -0.25) is 0 Å². The molecule has 13 rings (SSSR count). The third-order valence-electron chi connectivity index (χ3n) is 14.1. The molecule has 0 unspecified atom stereocenters. The van der Waals surface area contributed by atoms with Crippen molar-refractivity contribution in [3.05, 3.63) is 309 Å². The van der Waals surface area contributed by atoms with Gasteiger partial charge in [-0.1, -0.05) is 140 Å². The van der Waals surface area contributed by atoms with Gasteiger partial charge in [0.2, 0.25) is 0 Å². The molecule has 0 bridgehead atoms. The predicted molar refractivity (Wildman–Crippen MR) is 317 cm³/mol. The number of hydrogen-bond acceptors (Lipinski definition) is 4. The van der Waals surface area contributed by atoms with Crippen LogP contribution in [0.1, 0.15) is 0 Å². The predicted octanol–water partition coefficient (Wildman–Crippen LogP) is 19.8. The SMILES string of the molecule is c1ccc(N(c2ccccc2)c2ccc(N(c3ccccc3)c3ccc4c(c3)c3cc(N(c5ccccc5)c5ccc(N(c6ccccc6)c6ccccc6)cc5)ccc3n4-c3ccc4ccccc4c3)cc2)cc1. The third-order valence-corrected chi connectivity index (χ3v) is 14.1. The van der Waals surface area contributed by atoms with Gasteiger partial charge in [-0.15, -0.1) is 0 Å². The van der Waals surface area contributed by atoms with E-state index in [-0.39, 0.29) is 0 Å². The van der Waals surface area contributed by atoms with E-state index in [2.05, 4.69) is 334 Å². The van der Waals surface area contributed by atoms with Crippen molar-refractivity contribution in [1.82, 2.24) is 4.57 Å². The number of anilines is 12. The Labute approximate surface area is 437 Å². The lowest BCUT2D eigenvalue weighted by Crippen LogP contribution is -2.12. The molecule has 5 heteroatoms. The number of aromatic nitrogens is 1. The second-order valence-corrected chi connectivity index (χ2v) is 18.7. The standard InChI is InChI=1S/C70H51N5/c1-7-23-54(24-8-1)71(55-25-9-2-10-26-55)60-37-41-62(42-38-60)73(58-31-15-5-16-32-58)65-45-47-69-67(50-65)68-51-66(46-48-70(68)75(69)64-36-35-52-21-19-20-22-53(52)49-64)74(59-33-17-6-18-34-59)63-43-39-61(40-44-63)72(56-27-11-3-12-28-56)57-29-13-4-14-30-57/h1-51H. The maximum atomic E-state index is 2.43. The number of hydrogen-bond donors (Lipinski definition) is 0. The van der Waals surface area contributed by atoms with Gasteiger partial charge in [0, 0.05) is 84.7 Å². The summed E-state index contributed by atoms with van der Waals surface area (Å²) in [6.45, 7) is 0. The monoisotopic (exact) mass is 961 g/mol. The molecule has 5 nitrogen and oxygen atoms in total. The van der Waals surface area contributed by atoms with Crippen molar-refractivity contribution in [3.63, 3.8) is 0 Å². The fraction of sp³-hybridized carbons (Fsp3) is 0. The molecule has 75 heavy (non-hydrogen) atoms. The molecule has 0 saturated heterocycles. The van der Waals surface area contributed by atoms with E-state index in [0.717, 1.165) is 95.7 Å². The van der Waals surface area contributed by atoms with Crippen LogP contribution in [-0.4, -0.2) is 4.57 Å². The van der Waals surface area contributed by atoms with E-state index >= 15 is 0 Å². The number of fused-ring (bicyclic) bond motifs is 4. The summed E-state index contributed by atoms with van der Waals surface area (Å²) < 4.78 is 2.43. The first-order valence-corrected chi connectivity index (χ1v) is 25.5. The van der Waals surface area contributed by atoms with Crippen LogP contribution in [0.5, 0.6) is 0 Å². The molecule has 0 radical (unpaired) electrons. The van der Waals surface area contributed by atoms with Crippen molar-refractivity contribution in [3.8, 4) is 5.69 Å². The summed E-state index contributed by atoms with van der Waals surface area (Å²) in [4.78, 5) is 9.35. The Kier molecular flexibility index (Phi) is 11.9. The summed E-state index contributed by atoms with van der Waals surface area (Å²) in [5.41, 5.74) is 16.3. The molecule has 0 aliphatic heterocycles. The fourth-order valence-corrected chi connectivity index (χ4v) is 10.6. The van der Waals surface area contributed by atoms with Crippen molar-refractivity contribution < 1.29 is 0 Å². The molecule has 0 amide bonds. The summed E-state index contributed by atoms with van der Waals surface area (Å²) in [7, 11) is 0. The van der Waals surface area contributed by atoms with E-state index < -0.39 is 0 Å². The zero-order chi connectivity index (χ0) is 49.9. The number of nitrogens with zero attached hydrogens (tertiary/aromatic N) is 5. The van der Waals surface area contributed by atoms with Gasteiger partial charge in [0.25, 0.3) is 0 Å². The Bertz CT molecular complexity index is 3730. The summed E-state index contributed by atoms with van der Waals surface area (Å²) in [6.07, 6.45) is 0. The second kappa shape index (κ2) is 19.8. The molecular formula is C70H51N5. The molecule has 0 aliphatic rings. The highest BCUT2D eigenvalue weighted by Crippen LogP contribution is 2.45. The molecule has 0 N–H and O–H groups in total. The highest BCUT2D eigenvalue weighted by molar-refractivity contribution is 6.12. The van der Waals surface area contributed by atoms with Gasteiger partial charge in [-0.2, -0.15) is 0 Å². The minimum Gasteiger partial charge on any atom is -0.311 e. The van der Waals surface area contributed by atoms with E-state index in [4.69, 9.17) is 0 Å². The van der Waals surface area contributed by atoms with Gasteiger partial charge in [0.15, 0.2) is 0 Å². The summed E-state index contributed by atoms with van der Waals surface area (Å²) in [5.74, 6) is 0. The average Bonchev–Trinajstić information content (AvgIpc) is 3.83. The smallest absolute Gasteiger partial charge is 0.0542 e. The van der Waals surface area contributed by atoms with Crippen molar-refractivity contribution >= 4 is 101 Å². The third kappa shape index (κ3) is 8.69. The lowest BCUT2D eigenvalue weighted by molar-refractivity contribution is 1.18. The van der Waals surface area contributed by atoms with Crippen LogP contribution in [-0.2, 0) is 0 Å². The minimum atomic E-state index is 1.06. The molecular weight excluding hydrogens is 911 g/mol. The zero-order valence-corrected chi connectivity index (χ0v) is 41.2. The summed E-state index contributed by atoms with van der Waals surface area (Å²) in [6, 6.07) is 111. The largest absolute Gasteiger partial charge is 0.311 e. The molecule has 0 aliphatic carbocycles. The molecule has 12 aromatic carbocycles. The van der Waals surface area contributed by atoms with Crippen molar-refractivity contribution in [2.45, 2.75) is 0 Å². The Morgan fingerprint density at radius 2 is 0.440 bits per heavy atom. The maximum absolute atomic E-state index is 2.43. The molecule has 0 saturated carbocycles. The fourth-order valence-electron chi connectivity index (χ4n) is 10.6. The van der Waals surface area contributed by atoms with Gasteiger partial charge < -0.3 is 24.2 Å². The van der Waals surface area contributed by atoms with Crippen LogP contribution < -0.4 is 19.6 Å². The second-order valence-electron chi connectivity index (χ2n) is 18.7. The summed E-state index contributed by atoms with van der Waals surface area (Å²) >= 11 is 0. The normalized spacial score (nSPS) is 11.2. The molecule has 1 aromatic heterocycles. The zero-order valence-electron chi connectivity index (χ0n) is 41.2. The quantitative estimate of drug-likeness (QED) is 0.115. The lowest BCUT2D eigenvalue weighted by atomic mass is 10.1. The van der Waals surface area contributed by atoms with Crippen LogP contribution in [0.3, 0.4) is 0 Å². The van der Waals surface area contributed by atoms with Crippen LogP contribution >= 0.6 is 0 Å². The van der Waals surface area contributed by atoms with Crippen LogP contribution in [0.25, 0.3) is 38.3 Å². The Morgan fingerprint density at radius 3 is 0.760 bits per heavy atom. The lowest BCUT2D eigenvalue weighted by Gasteiger charge is -2.28. The number of benzene rings is 12. The van der Waals surface area contributed by atoms with Crippen molar-refractivity contribution in [2.24, 2.45) is 0 Å². The first kappa shape index (κ1) is 44.8. The highest BCUT2D eigenvalue weighted by atomic mass is 15.2. The number of para-hydroxylation sites is 6. The highest BCUT2D eigenvalue weighted by Gasteiger charge is 2.22. The van der Waals surface area contributed by atoms with E-state index in [0.29, 0.717) is 0 Å². The van der Waals surface area contributed by atoms with Gasteiger partial charge in [0.05, 0.1) is 11.0 Å². The van der Waals surface area contributed by atoms with E-state index in [9.17, 15) is 0 Å². The van der Waals surface area contributed by atoms with Gasteiger partial charge >= 0.3 is 0 Å². The molecule has 1 heterocycles. The Balaban J connectivity index is 0.967. The first-order valence-electron chi connectivity index (χ1n) is 25.5. The van der Waals surface area contributed by atoms with Crippen LogP contribution in [0.2, 0.25) is 0 Å². The number of rotatable bonds is 13. The van der Waals surface area contributed by atoms with Crippen LogP contribution in [0.15, 0.2) is 309 Å². The minimum absolute atomic E-state index is 1.06. The summed E-state index contributed by atoms with van der Waals surface area (Å²) in [5, 5.41) is 4.72. The Morgan fingerprint density at radius 1 is 0.187 bits per heavy atom. The van der Waals surface area contributed by atoms with Crippen molar-refractivity contribution in [2.75, 3.05) is 19.6 Å². The maximum Gasteiger partial charge on any atom is 0.0542 e. The average molecular weight is 962 g/mol. The Hall–Kier alpha value is -10.1. The van der Waals surface area contributed by atoms with E-state index in [1.807, 2.05) is 0 Å². The van der Waals surface area contributed by atoms with Gasteiger partial charge in [-0.05, 0) is 181 Å². The van der Waals surface area contributed by atoms with Crippen LogP contribution in [0.4, 0.5) is 68.2 Å². The van der Waals surface area contributed by atoms with Crippen molar-refractivity contribution in [1.29, 1.82) is 0 Å². The molecule has 13 aromatic rings. The molecule has 356 valence electrons. The molecule has 0 fully saturated rings.